The fourth-order valence-corrected chi connectivity index (χ4v) is 3.19. The molecule has 24 heavy (non-hydrogen) atoms. The van der Waals surface area contributed by atoms with Gasteiger partial charge in [0.2, 0.25) is 5.91 Å². The van der Waals surface area contributed by atoms with Crippen molar-refractivity contribution in [3.8, 4) is 11.5 Å². The molecule has 2 aromatic carbocycles. The van der Waals surface area contributed by atoms with Gasteiger partial charge in [-0.1, -0.05) is 23.7 Å². The van der Waals surface area contributed by atoms with E-state index in [9.17, 15) is 4.79 Å². The van der Waals surface area contributed by atoms with Gasteiger partial charge in [0.15, 0.2) is 11.5 Å². The van der Waals surface area contributed by atoms with Crippen LogP contribution in [0.2, 0.25) is 5.02 Å². The summed E-state index contributed by atoms with van der Waals surface area (Å²) in [5, 5.41) is 3.65. The number of carbonyl (C=O) groups excluding carboxylic acids is 1. The Morgan fingerprint density at radius 2 is 1.83 bits per heavy atom. The van der Waals surface area contributed by atoms with Crippen LogP contribution in [0.4, 0.5) is 0 Å². The second kappa shape index (κ2) is 8.31. The lowest BCUT2D eigenvalue weighted by atomic mass is 10.1. The summed E-state index contributed by atoms with van der Waals surface area (Å²) in [6.07, 6.45) is 0.789. The minimum Gasteiger partial charge on any atom is -0.486 e. The lowest BCUT2D eigenvalue weighted by molar-refractivity contribution is -0.118. The molecule has 3 rings (SSSR count). The maximum atomic E-state index is 11.9. The van der Waals surface area contributed by atoms with Crippen LogP contribution < -0.4 is 14.8 Å². The highest BCUT2D eigenvalue weighted by atomic mass is 35.5. The van der Waals surface area contributed by atoms with E-state index in [0.29, 0.717) is 25.5 Å². The Kier molecular flexibility index (Phi) is 5.88. The maximum Gasteiger partial charge on any atom is 0.230 e. The highest BCUT2D eigenvalue weighted by Crippen LogP contribution is 2.34. The second-order valence-electron chi connectivity index (χ2n) is 5.32. The van der Waals surface area contributed by atoms with Gasteiger partial charge in [0.25, 0.3) is 0 Å². The van der Waals surface area contributed by atoms with E-state index in [2.05, 4.69) is 5.32 Å². The number of rotatable bonds is 6. The van der Waals surface area contributed by atoms with Gasteiger partial charge >= 0.3 is 0 Å². The first kappa shape index (κ1) is 17.0. The van der Waals surface area contributed by atoms with Crippen LogP contribution in [-0.2, 0) is 11.2 Å². The van der Waals surface area contributed by atoms with Crippen molar-refractivity contribution in [3.05, 3.63) is 53.1 Å². The number of hydrogen-bond donors (Lipinski definition) is 1. The summed E-state index contributed by atoms with van der Waals surface area (Å²) in [5.74, 6) is 1.90. The first-order chi connectivity index (χ1) is 11.7. The van der Waals surface area contributed by atoms with Crippen molar-refractivity contribution in [2.24, 2.45) is 0 Å². The molecule has 6 heteroatoms. The number of halogens is 1. The topological polar surface area (TPSA) is 47.6 Å². The predicted octanol–water partition coefficient (Wildman–Crippen LogP) is 3.56. The molecule has 1 aliphatic heterocycles. The normalized spacial score (nSPS) is 12.7. The SMILES string of the molecule is O=C(CSc1ccc2c(c1)OCCO2)NCCc1ccc(Cl)cc1. The van der Waals surface area contributed by atoms with E-state index in [1.54, 1.807) is 0 Å². The van der Waals surface area contributed by atoms with Crippen molar-refractivity contribution >= 4 is 29.3 Å². The van der Waals surface area contributed by atoms with Crippen LogP contribution >= 0.6 is 23.4 Å². The molecule has 0 saturated heterocycles. The van der Waals surface area contributed by atoms with Crippen molar-refractivity contribution in [1.29, 1.82) is 0 Å². The number of hydrogen-bond acceptors (Lipinski definition) is 4. The summed E-state index contributed by atoms with van der Waals surface area (Å²) in [7, 11) is 0. The lowest BCUT2D eigenvalue weighted by Gasteiger charge is -2.18. The molecule has 0 aromatic heterocycles. The fourth-order valence-electron chi connectivity index (χ4n) is 2.31. The summed E-state index contributed by atoms with van der Waals surface area (Å²) in [6, 6.07) is 13.4. The van der Waals surface area contributed by atoms with E-state index in [-0.39, 0.29) is 5.91 Å². The van der Waals surface area contributed by atoms with Gasteiger partial charge in [-0.3, -0.25) is 4.79 Å². The molecule has 0 spiro atoms. The molecule has 2 aromatic rings. The smallest absolute Gasteiger partial charge is 0.230 e. The third-order valence-electron chi connectivity index (χ3n) is 3.53. The molecular weight excluding hydrogens is 346 g/mol. The zero-order valence-electron chi connectivity index (χ0n) is 13.1. The van der Waals surface area contributed by atoms with Gasteiger partial charge in [-0.25, -0.2) is 0 Å². The van der Waals surface area contributed by atoms with Crippen LogP contribution in [0.15, 0.2) is 47.4 Å². The summed E-state index contributed by atoms with van der Waals surface area (Å²) in [6.45, 7) is 1.75. The third kappa shape index (κ3) is 4.82. The Balaban J connectivity index is 1.41. The zero-order valence-corrected chi connectivity index (χ0v) is 14.7. The average Bonchev–Trinajstić information content (AvgIpc) is 2.61. The zero-order chi connectivity index (χ0) is 16.8. The average molecular weight is 364 g/mol. The van der Waals surface area contributed by atoms with Crippen LogP contribution in [0.25, 0.3) is 0 Å². The standard InChI is InChI=1S/C18H18ClNO3S/c19-14-3-1-13(2-4-14)7-8-20-18(21)12-24-15-5-6-16-17(11-15)23-10-9-22-16/h1-6,11H,7-10,12H2,(H,20,21). The van der Waals surface area contributed by atoms with E-state index in [1.165, 1.54) is 11.8 Å². The quantitative estimate of drug-likeness (QED) is 0.797. The molecule has 0 radical (unpaired) electrons. The van der Waals surface area contributed by atoms with Crippen molar-refractivity contribution in [2.45, 2.75) is 11.3 Å². The number of nitrogens with one attached hydrogen (secondary N) is 1. The Morgan fingerprint density at radius 1 is 1.08 bits per heavy atom. The number of benzene rings is 2. The Hall–Kier alpha value is -1.85. The molecule has 0 aliphatic carbocycles. The van der Waals surface area contributed by atoms with Crippen LogP contribution in [0.3, 0.4) is 0 Å². The second-order valence-corrected chi connectivity index (χ2v) is 6.81. The summed E-state index contributed by atoms with van der Waals surface area (Å²) in [4.78, 5) is 12.9. The van der Waals surface area contributed by atoms with Crippen LogP contribution in [0.5, 0.6) is 11.5 Å². The van der Waals surface area contributed by atoms with Crippen molar-refractivity contribution < 1.29 is 14.3 Å². The molecule has 4 nitrogen and oxygen atoms in total. The fraction of sp³-hybridized carbons (Fsp3) is 0.278. The number of thioether (sulfide) groups is 1. The number of ether oxygens (including phenoxy) is 2. The van der Waals surface area contributed by atoms with Crippen molar-refractivity contribution in [1.82, 2.24) is 5.32 Å². The van der Waals surface area contributed by atoms with Gasteiger partial charge in [-0.2, -0.15) is 0 Å². The number of carbonyl (C=O) groups is 1. The van der Waals surface area contributed by atoms with Crippen LogP contribution in [-0.4, -0.2) is 31.4 Å². The van der Waals surface area contributed by atoms with Crippen molar-refractivity contribution in [3.63, 3.8) is 0 Å². The molecule has 0 saturated carbocycles. The first-order valence-electron chi connectivity index (χ1n) is 7.74. The molecule has 0 bridgehead atoms. The maximum absolute atomic E-state index is 11.9. The highest BCUT2D eigenvalue weighted by molar-refractivity contribution is 8.00. The van der Waals surface area contributed by atoms with E-state index >= 15 is 0 Å². The molecule has 0 atom stereocenters. The Bertz CT molecular complexity index is 706. The van der Waals surface area contributed by atoms with Crippen molar-refractivity contribution in [2.75, 3.05) is 25.5 Å². The van der Waals surface area contributed by atoms with Gasteiger partial charge in [-0.05, 0) is 42.3 Å². The minimum atomic E-state index is 0.0175. The van der Waals surface area contributed by atoms with Gasteiger partial charge in [0, 0.05) is 16.5 Å². The molecule has 0 fully saturated rings. The Morgan fingerprint density at radius 3 is 2.62 bits per heavy atom. The molecule has 1 aliphatic rings. The van der Waals surface area contributed by atoms with E-state index in [0.717, 1.165) is 33.4 Å². The predicted molar refractivity (Wildman–Crippen MR) is 96.3 cm³/mol. The Labute approximate surface area is 150 Å². The monoisotopic (exact) mass is 363 g/mol. The van der Waals surface area contributed by atoms with Gasteiger partial charge < -0.3 is 14.8 Å². The largest absolute Gasteiger partial charge is 0.486 e. The van der Waals surface area contributed by atoms with E-state index in [4.69, 9.17) is 21.1 Å². The summed E-state index contributed by atoms with van der Waals surface area (Å²) >= 11 is 7.34. The highest BCUT2D eigenvalue weighted by Gasteiger charge is 2.12. The molecule has 1 N–H and O–H groups in total. The summed E-state index contributed by atoms with van der Waals surface area (Å²) < 4.78 is 11.0. The molecule has 0 unspecified atom stereocenters. The number of amides is 1. The van der Waals surface area contributed by atoms with E-state index < -0.39 is 0 Å². The molecule has 1 heterocycles. The van der Waals surface area contributed by atoms with Gasteiger partial charge in [0.1, 0.15) is 13.2 Å². The summed E-state index contributed by atoms with van der Waals surface area (Å²) in [5.41, 5.74) is 1.15. The van der Waals surface area contributed by atoms with Crippen LogP contribution in [0.1, 0.15) is 5.56 Å². The minimum absolute atomic E-state index is 0.0175. The molecular formula is C18H18ClNO3S. The first-order valence-corrected chi connectivity index (χ1v) is 9.11. The molecule has 126 valence electrons. The van der Waals surface area contributed by atoms with Gasteiger partial charge in [-0.15, -0.1) is 11.8 Å². The molecule has 1 amide bonds. The third-order valence-corrected chi connectivity index (χ3v) is 4.78. The van der Waals surface area contributed by atoms with E-state index in [1.807, 2.05) is 42.5 Å². The number of fused-ring (bicyclic) bond motifs is 1. The lowest BCUT2D eigenvalue weighted by Crippen LogP contribution is -2.27. The van der Waals surface area contributed by atoms with Crippen LogP contribution in [0, 0.1) is 0 Å². The van der Waals surface area contributed by atoms with Gasteiger partial charge in [0.05, 0.1) is 5.75 Å².